The van der Waals surface area contributed by atoms with Gasteiger partial charge in [-0.1, -0.05) is 10.3 Å². The molecule has 0 saturated carbocycles. The number of rotatable bonds is 32. The van der Waals surface area contributed by atoms with Crippen LogP contribution in [0.1, 0.15) is 11.1 Å². The summed E-state index contributed by atoms with van der Waals surface area (Å²) < 4.78 is 107. The second kappa shape index (κ2) is 25.9. The van der Waals surface area contributed by atoms with Gasteiger partial charge in [0.05, 0.1) is 25.6 Å². The quantitative estimate of drug-likeness (QED) is 0.0214. The van der Waals surface area contributed by atoms with Gasteiger partial charge in [-0.05, 0) is 59.7 Å². The summed E-state index contributed by atoms with van der Waals surface area (Å²) in [6.07, 6.45) is -5.45. The second-order valence-corrected chi connectivity index (χ2v) is 25.1. The first-order valence-electron chi connectivity index (χ1n) is 17.6. The van der Waals surface area contributed by atoms with Crippen LogP contribution in [-0.2, 0) is 55.2 Å². The van der Waals surface area contributed by atoms with E-state index < -0.39 is 110 Å². The van der Waals surface area contributed by atoms with Crippen molar-refractivity contribution in [1.82, 2.24) is 9.80 Å². The lowest BCUT2D eigenvalue weighted by Gasteiger charge is -2.25. The van der Waals surface area contributed by atoms with Crippen molar-refractivity contribution in [2.24, 2.45) is 10.3 Å². The summed E-state index contributed by atoms with van der Waals surface area (Å²) in [5.41, 5.74) is 1.01. The SMILES string of the molecule is CP(=O)(O)OC(CO/N=C/c1ccc(OCCOP(=O)(O)CN(CP(=O)(O)O)CP(=O)(O)O)cc1)CO/N=C/c1ccc(OCCOP(=O)(O)CN(CP(=O)(O)O)CP(=O)(O)O)cc1. The van der Waals surface area contributed by atoms with E-state index in [4.69, 9.17) is 71.9 Å². The van der Waals surface area contributed by atoms with Crippen molar-refractivity contribution in [3.63, 3.8) is 0 Å². The summed E-state index contributed by atoms with van der Waals surface area (Å²) in [5.74, 6) is 0.570. The fourth-order valence-electron chi connectivity index (χ4n) is 4.71. The molecule has 366 valence electrons. The number of nitrogens with zero attached hydrogens (tertiary/aromatic N) is 4. The van der Waals surface area contributed by atoms with Crippen LogP contribution in [0, 0.1) is 0 Å². The molecule has 0 spiro atoms. The van der Waals surface area contributed by atoms with E-state index in [9.17, 15) is 46.6 Å². The third-order valence-electron chi connectivity index (χ3n) is 6.76. The highest BCUT2D eigenvalue weighted by Gasteiger charge is 2.34. The van der Waals surface area contributed by atoms with Crippen LogP contribution in [0.25, 0.3) is 0 Å². The van der Waals surface area contributed by atoms with Crippen molar-refractivity contribution in [3.8, 4) is 11.5 Å². The molecule has 0 aliphatic heterocycles. The first kappa shape index (κ1) is 58.1. The maximum Gasteiger partial charge on any atom is 0.342 e. The van der Waals surface area contributed by atoms with Gasteiger partial charge in [-0.15, -0.1) is 0 Å². The lowest BCUT2D eigenvalue weighted by Crippen LogP contribution is -2.28. The average Bonchev–Trinajstić information content (AvgIpc) is 3.09. The molecule has 0 aliphatic carbocycles. The number of ether oxygens (including phenoxy) is 2. The molecule has 3 atom stereocenters. The second-order valence-electron chi connectivity index (χ2n) is 13.2. The molecule has 64 heavy (non-hydrogen) atoms. The Labute approximate surface area is 364 Å². The predicted molar refractivity (Wildman–Crippen MR) is 224 cm³/mol. The summed E-state index contributed by atoms with van der Waals surface area (Å²) >= 11 is 0. The molecule has 0 aromatic heterocycles. The molecule has 36 heteroatoms. The Hall–Kier alpha value is -2.05. The van der Waals surface area contributed by atoms with Crippen LogP contribution in [0.4, 0.5) is 0 Å². The molecule has 29 nitrogen and oxygen atoms in total. The highest BCUT2D eigenvalue weighted by Crippen LogP contribution is 2.49. The summed E-state index contributed by atoms with van der Waals surface area (Å²) in [5, 5.41) is 7.55. The standard InChI is InChI=1S/C28H49N4O25P7/c1-58(33,34)57-28(16-53-29-14-24-2-6-26(7-3-24)51-10-12-55-63(47,48)22-31(18-59(35,36)37)19-60(38,39)40)17-54-30-15-25-4-8-27(9-5-25)52-11-13-56-64(49,50)23-32(20-61(41,42)43)21-62(44,45)46/h2-9,14-15,28H,10-13,16-23H2,1H3,(H,33,34)(H,47,48)(H,49,50)(H2,35,36,37)(H2,38,39,40)(H2,41,42,43)(H2,44,45,46)/b29-14+,30-15+. The van der Waals surface area contributed by atoms with Gasteiger partial charge < -0.3 is 82.0 Å². The fraction of sp³-hybridized carbons (Fsp3) is 0.500. The molecule has 2 rings (SSSR count). The van der Waals surface area contributed by atoms with E-state index in [1.807, 2.05) is 0 Å². The van der Waals surface area contributed by atoms with Crippen LogP contribution in [0.5, 0.6) is 11.5 Å². The molecule has 11 N–H and O–H groups in total. The van der Waals surface area contributed by atoms with E-state index in [1.165, 1.54) is 36.7 Å². The molecular weight excluding hydrogens is 1010 g/mol. The molecule has 3 unspecified atom stereocenters. The maximum atomic E-state index is 12.3. The molecule has 2 aromatic carbocycles. The Morgan fingerprint density at radius 3 is 1.09 bits per heavy atom. The van der Waals surface area contributed by atoms with Gasteiger partial charge in [0.1, 0.15) is 81.7 Å². The van der Waals surface area contributed by atoms with Crippen LogP contribution >= 0.6 is 53.2 Å². The van der Waals surface area contributed by atoms with Gasteiger partial charge in [0.25, 0.3) is 0 Å². The Kier molecular flexibility index (Phi) is 23.5. The zero-order valence-corrected chi connectivity index (χ0v) is 39.7. The van der Waals surface area contributed by atoms with Crippen molar-refractivity contribution in [2.45, 2.75) is 6.10 Å². The fourth-order valence-corrected chi connectivity index (χ4v) is 11.5. The number of oxime groups is 2. The summed E-state index contributed by atoms with van der Waals surface area (Å²) in [6.45, 7) is -1.23. The zero-order valence-electron chi connectivity index (χ0n) is 33.4. The van der Waals surface area contributed by atoms with E-state index in [0.717, 1.165) is 6.66 Å². The van der Waals surface area contributed by atoms with E-state index >= 15 is 0 Å². The van der Waals surface area contributed by atoms with E-state index in [2.05, 4.69) is 10.3 Å². The van der Waals surface area contributed by atoms with Crippen molar-refractivity contribution >= 4 is 65.6 Å². The highest BCUT2D eigenvalue weighted by atomic mass is 31.2. The van der Waals surface area contributed by atoms with Gasteiger partial charge >= 0.3 is 53.2 Å². The highest BCUT2D eigenvalue weighted by molar-refractivity contribution is 7.55. The zero-order chi connectivity index (χ0) is 48.5. The number of benzene rings is 2. The predicted octanol–water partition coefficient (Wildman–Crippen LogP) is 1.51. The molecule has 0 bridgehead atoms. The van der Waals surface area contributed by atoms with Gasteiger partial charge in [-0.2, -0.15) is 0 Å². The van der Waals surface area contributed by atoms with E-state index in [1.54, 1.807) is 24.3 Å². The Morgan fingerprint density at radius 2 is 0.812 bits per heavy atom. The van der Waals surface area contributed by atoms with E-state index in [-0.39, 0.29) is 37.9 Å². The van der Waals surface area contributed by atoms with E-state index in [0.29, 0.717) is 20.9 Å². The van der Waals surface area contributed by atoms with Crippen LogP contribution in [-0.4, -0.2) is 166 Å². The van der Waals surface area contributed by atoms with Crippen molar-refractivity contribution in [1.29, 1.82) is 0 Å². The Bertz CT molecular complexity index is 1970. The van der Waals surface area contributed by atoms with Crippen LogP contribution in [0.3, 0.4) is 0 Å². The molecule has 0 saturated heterocycles. The Morgan fingerprint density at radius 1 is 0.500 bits per heavy atom. The lowest BCUT2D eigenvalue weighted by molar-refractivity contribution is -0.00647. The molecular formula is C28H49N4O25P7. The van der Waals surface area contributed by atoms with Crippen molar-refractivity contribution < 1.29 is 119 Å². The van der Waals surface area contributed by atoms with Gasteiger partial charge in [-0.3, -0.25) is 46.3 Å². The molecule has 0 aliphatic rings. The minimum absolute atomic E-state index is 0.261. The first-order valence-corrected chi connectivity index (χ1v) is 30.3. The lowest BCUT2D eigenvalue weighted by atomic mass is 10.2. The van der Waals surface area contributed by atoms with Gasteiger partial charge in [0.2, 0.25) is 0 Å². The summed E-state index contributed by atoms with van der Waals surface area (Å²) in [6, 6.07) is 12.2. The number of hydrogen-bond donors (Lipinski definition) is 11. The van der Waals surface area contributed by atoms with Gasteiger partial charge in [0, 0.05) is 6.66 Å². The molecule has 0 amide bonds. The third-order valence-corrected chi connectivity index (χ3v) is 13.2. The van der Waals surface area contributed by atoms with Gasteiger partial charge in [-0.25, -0.2) is 0 Å². The Balaban J connectivity index is 1.79. The van der Waals surface area contributed by atoms with Crippen molar-refractivity contribution in [2.75, 3.05) is 84.0 Å². The molecule has 0 fully saturated rings. The summed E-state index contributed by atoms with van der Waals surface area (Å²) in [4.78, 5) is 114. The number of hydrogen-bond acceptors (Lipinski definition) is 18. The largest absolute Gasteiger partial charge is 0.491 e. The molecule has 0 heterocycles. The van der Waals surface area contributed by atoms with Crippen LogP contribution in [0.15, 0.2) is 58.8 Å². The molecule has 2 aromatic rings. The third kappa shape index (κ3) is 30.3. The summed E-state index contributed by atoms with van der Waals surface area (Å²) in [7, 11) is -32.5. The minimum atomic E-state index is -4.84. The van der Waals surface area contributed by atoms with Crippen molar-refractivity contribution in [3.05, 3.63) is 59.7 Å². The molecule has 0 radical (unpaired) electrons. The average molecular weight is 1060 g/mol. The first-order chi connectivity index (χ1) is 29.3. The monoisotopic (exact) mass is 1060 g/mol. The van der Waals surface area contributed by atoms with Crippen LogP contribution in [0.2, 0.25) is 0 Å². The van der Waals surface area contributed by atoms with Crippen LogP contribution < -0.4 is 9.47 Å². The topological polar surface area (TPSA) is 438 Å². The maximum absolute atomic E-state index is 12.3. The smallest absolute Gasteiger partial charge is 0.342 e. The normalized spacial score (nSPS) is 16.4. The van der Waals surface area contributed by atoms with Gasteiger partial charge in [0.15, 0.2) is 0 Å². The minimum Gasteiger partial charge on any atom is -0.491 e.